The van der Waals surface area contributed by atoms with E-state index in [2.05, 4.69) is 5.10 Å². The third-order valence-corrected chi connectivity index (χ3v) is 2.42. The summed E-state index contributed by atoms with van der Waals surface area (Å²) in [5.41, 5.74) is 1.31. The molecule has 1 aliphatic heterocycles. The molecule has 0 amide bonds. The van der Waals surface area contributed by atoms with Gasteiger partial charge >= 0.3 is 0 Å². The fourth-order valence-electron chi connectivity index (χ4n) is 1.32. The molecular weight excluding hydrogens is 200 g/mol. The fourth-order valence-corrected chi connectivity index (χ4v) is 1.56. The van der Waals surface area contributed by atoms with Gasteiger partial charge in [-0.05, 0) is 19.1 Å². The zero-order valence-electron chi connectivity index (χ0n) is 7.70. The van der Waals surface area contributed by atoms with Gasteiger partial charge in [0.2, 0.25) is 0 Å². The molecule has 0 N–H and O–H groups in total. The Morgan fingerprint density at radius 3 is 2.71 bits per heavy atom. The maximum absolute atomic E-state index is 11.3. The predicted molar refractivity (Wildman–Crippen MR) is 56.9 cm³/mol. The zero-order valence-corrected chi connectivity index (χ0v) is 8.45. The van der Waals surface area contributed by atoms with Gasteiger partial charge in [-0.3, -0.25) is 9.80 Å². The van der Waals surface area contributed by atoms with Crippen LogP contribution in [-0.2, 0) is 4.79 Å². The van der Waals surface area contributed by atoms with Crippen molar-refractivity contribution >= 4 is 28.8 Å². The minimum absolute atomic E-state index is 0.0462. The summed E-state index contributed by atoms with van der Waals surface area (Å²) in [6.45, 7) is 1.99. The van der Waals surface area contributed by atoms with E-state index in [1.54, 1.807) is 18.0 Å². The standard InChI is InChI=1S/C10H9ClN2O/c1-7-10(14)6-13(12-7)9-5-3-2-4-8(9)11/h2-5H,6H2,1H3. The lowest BCUT2D eigenvalue weighted by Crippen LogP contribution is -2.18. The van der Waals surface area contributed by atoms with Crippen LogP contribution in [-0.4, -0.2) is 18.0 Å². The lowest BCUT2D eigenvalue weighted by molar-refractivity contribution is -0.111. The second kappa shape index (κ2) is 3.42. The van der Waals surface area contributed by atoms with E-state index in [1.165, 1.54) is 0 Å². The Morgan fingerprint density at radius 2 is 2.14 bits per heavy atom. The Labute approximate surface area is 87.0 Å². The highest BCUT2D eigenvalue weighted by Gasteiger charge is 2.22. The van der Waals surface area contributed by atoms with Crippen molar-refractivity contribution in [2.45, 2.75) is 6.92 Å². The number of anilines is 1. The van der Waals surface area contributed by atoms with Gasteiger partial charge in [-0.1, -0.05) is 23.7 Å². The van der Waals surface area contributed by atoms with Crippen LogP contribution in [0.4, 0.5) is 5.69 Å². The smallest absolute Gasteiger partial charge is 0.199 e. The fraction of sp³-hybridized carbons (Fsp3) is 0.200. The molecule has 0 fully saturated rings. The van der Waals surface area contributed by atoms with E-state index in [1.807, 2.05) is 18.2 Å². The number of ketones is 1. The molecule has 72 valence electrons. The first-order valence-corrected chi connectivity index (χ1v) is 4.67. The van der Waals surface area contributed by atoms with Crippen LogP contribution in [0.15, 0.2) is 29.4 Å². The van der Waals surface area contributed by atoms with Crippen LogP contribution >= 0.6 is 11.6 Å². The number of rotatable bonds is 1. The van der Waals surface area contributed by atoms with Crippen LogP contribution in [0.5, 0.6) is 0 Å². The lowest BCUT2D eigenvalue weighted by atomic mass is 10.3. The molecule has 14 heavy (non-hydrogen) atoms. The Hall–Kier alpha value is -1.35. The Morgan fingerprint density at radius 1 is 1.43 bits per heavy atom. The summed E-state index contributed by atoms with van der Waals surface area (Å²) < 4.78 is 0. The van der Waals surface area contributed by atoms with Gasteiger partial charge in [0.25, 0.3) is 0 Å². The normalized spacial score (nSPS) is 16.0. The largest absolute Gasteiger partial charge is 0.291 e. The van der Waals surface area contributed by atoms with Crippen LogP contribution in [0.25, 0.3) is 0 Å². The van der Waals surface area contributed by atoms with E-state index < -0.39 is 0 Å². The SMILES string of the molecule is CC1=NN(c2ccccc2Cl)CC1=O. The van der Waals surface area contributed by atoms with E-state index in [-0.39, 0.29) is 12.3 Å². The number of para-hydroxylation sites is 1. The summed E-state index contributed by atoms with van der Waals surface area (Å²) in [5.74, 6) is 0.0462. The minimum atomic E-state index is 0.0462. The second-order valence-corrected chi connectivity index (χ2v) is 3.52. The number of benzene rings is 1. The van der Waals surface area contributed by atoms with E-state index in [9.17, 15) is 4.79 Å². The van der Waals surface area contributed by atoms with E-state index in [0.717, 1.165) is 5.69 Å². The zero-order chi connectivity index (χ0) is 10.1. The average Bonchev–Trinajstić information content (AvgIpc) is 2.48. The van der Waals surface area contributed by atoms with Gasteiger partial charge in [-0.15, -0.1) is 0 Å². The number of hydrogen-bond acceptors (Lipinski definition) is 3. The molecule has 0 bridgehead atoms. The summed E-state index contributed by atoms with van der Waals surface area (Å²) in [6.07, 6.45) is 0. The molecule has 0 radical (unpaired) electrons. The first kappa shape index (κ1) is 9.21. The average molecular weight is 209 g/mol. The number of hydrazone groups is 1. The van der Waals surface area contributed by atoms with Gasteiger partial charge in [0.15, 0.2) is 5.78 Å². The quantitative estimate of drug-likeness (QED) is 0.708. The topological polar surface area (TPSA) is 32.7 Å². The van der Waals surface area contributed by atoms with Gasteiger partial charge in [-0.25, -0.2) is 0 Å². The summed E-state index contributed by atoms with van der Waals surface area (Å²) in [7, 11) is 0. The molecule has 3 nitrogen and oxygen atoms in total. The molecule has 1 aliphatic rings. The Bertz CT molecular complexity index is 414. The summed E-state index contributed by atoms with van der Waals surface area (Å²) in [6, 6.07) is 7.34. The van der Waals surface area contributed by atoms with Crippen molar-refractivity contribution in [2.24, 2.45) is 5.10 Å². The molecular formula is C10H9ClN2O. The van der Waals surface area contributed by atoms with Crippen LogP contribution < -0.4 is 5.01 Å². The highest BCUT2D eigenvalue weighted by molar-refractivity contribution is 6.42. The van der Waals surface area contributed by atoms with Gasteiger partial charge in [0.05, 0.1) is 10.7 Å². The van der Waals surface area contributed by atoms with Crippen LogP contribution in [0.2, 0.25) is 5.02 Å². The molecule has 1 aromatic rings. The maximum atomic E-state index is 11.3. The molecule has 0 unspecified atom stereocenters. The lowest BCUT2D eigenvalue weighted by Gasteiger charge is -2.13. The number of halogens is 1. The maximum Gasteiger partial charge on any atom is 0.199 e. The number of carbonyl (C=O) groups excluding carboxylic acids is 1. The van der Waals surface area contributed by atoms with Crippen molar-refractivity contribution in [3.8, 4) is 0 Å². The van der Waals surface area contributed by atoms with Crippen molar-refractivity contribution in [3.63, 3.8) is 0 Å². The molecule has 0 aromatic heterocycles. The Kier molecular flexibility index (Phi) is 2.25. The summed E-state index contributed by atoms with van der Waals surface area (Å²) in [5, 5.41) is 6.35. The number of hydrogen-bond donors (Lipinski definition) is 0. The van der Waals surface area contributed by atoms with Crippen LogP contribution in [0, 0.1) is 0 Å². The minimum Gasteiger partial charge on any atom is -0.291 e. The predicted octanol–water partition coefficient (Wildman–Crippen LogP) is 2.10. The summed E-state index contributed by atoms with van der Waals surface area (Å²) in [4.78, 5) is 11.3. The van der Waals surface area contributed by atoms with Gasteiger partial charge in [0.1, 0.15) is 12.3 Å². The van der Waals surface area contributed by atoms with Crippen molar-refractivity contribution in [3.05, 3.63) is 29.3 Å². The number of carbonyl (C=O) groups is 1. The Balaban J connectivity index is 2.35. The van der Waals surface area contributed by atoms with Gasteiger partial charge < -0.3 is 0 Å². The first-order valence-electron chi connectivity index (χ1n) is 4.29. The molecule has 1 aromatic carbocycles. The first-order chi connectivity index (χ1) is 6.68. The van der Waals surface area contributed by atoms with Crippen LogP contribution in [0.3, 0.4) is 0 Å². The van der Waals surface area contributed by atoms with Crippen molar-refractivity contribution in [2.75, 3.05) is 11.6 Å². The third kappa shape index (κ3) is 1.51. The van der Waals surface area contributed by atoms with Crippen molar-refractivity contribution in [1.82, 2.24) is 0 Å². The van der Waals surface area contributed by atoms with Gasteiger partial charge in [0, 0.05) is 0 Å². The van der Waals surface area contributed by atoms with E-state index in [4.69, 9.17) is 11.6 Å². The molecule has 1 heterocycles. The van der Waals surface area contributed by atoms with Crippen LogP contribution in [0.1, 0.15) is 6.92 Å². The molecule has 0 aliphatic carbocycles. The van der Waals surface area contributed by atoms with E-state index in [0.29, 0.717) is 10.7 Å². The molecule has 4 heteroatoms. The van der Waals surface area contributed by atoms with Crippen molar-refractivity contribution in [1.29, 1.82) is 0 Å². The summed E-state index contributed by atoms with van der Waals surface area (Å²) >= 11 is 5.98. The molecule has 0 saturated carbocycles. The van der Waals surface area contributed by atoms with Crippen molar-refractivity contribution < 1.29 is 4.79 Å². The molecule has 2 rings (SSSR count). The number of Topliss-reactive ketones (excluding diaryl/α,β-unsaturated/α-hetero) is 1. The second-order valence-electron chi connectivity index (χ2n) is 3.12. The highest BCUT2D eigenvalue weighted by atomic mass is 35.5. The molecule has 0 atom stereocenters. The van der Waals surface area contributed by atoms with Gasteiger partial charge in [-0.2, -0.15) is 5.10 Å². The van der Waals surface area contributed by atoms with E-state index >= 15 is 0 Å². The molecule has 0 saturated heterocycles. The number of nitrogens with zero attached hydrogens (tertiary/aromatic N) is 2. The molecule has 0 spiro atoms. The third-order valence-electron chi connectivity index (χ3n) is 2.10. The monoisotopic (exact) mass is 208 g/mol. The highest BCUT2D eigenvalue weighted by Crippen LogP contribution is 2.26.